The molecule has 1 aliphatic heterocycles. The van der Waals surface area contributed by atoms with Crippen LogP contribution in [-0.2, 0) is 6.18 Å². The van der Waals surface area contributed by atoms with Crippen LogP contribution in [-0.4, -0.2) is 11.3 Å². The molecule has 0 aliphatic carbocycles. The number of benzene rings is 1. The summed E-state index contributed by atoms with van der Waals surface area (Å²) >= 11 is 13.2. The molecule has 3 nitrogen and oxygen atoms in total. The Kier molecular flexibility index (Phi) is 4.07. The van der Waals surface area contributed by atoms with Gasteiger partial charge in [0.15, 0.2) is 4.99 Å². The lowest BCUT2D eigenvalue weighted by Gasteiger charge is -2.35. The number of alkyl halides is 3. The number of hydrogen-bond donors (Lipinski definition) is 2. The Morgan fingerprint density at radius 2 is 1.85 bits per heavy atom. The van der Waals surface area contributed by atoms with Gasteiger partial charge in [-0.05, 0) is 24.5 Å². The predicted molar refractivity (Wildman–Crippen MR) is 76.7 cm³/mol. The highest BCUT2D eigenvalue weighted by Gasteiger charge is 2.38. The van der Waals surface area contributed by atoms with E-state index < -0.39 is 16.7 Å². The average molecular weight is 344 g/mol. The monoisotopic (exact) mass is 343 g/mol. The highest BCUT2D eigenvalue weighted by molar-refractivity contribution is 8.00. The zero-order chi connectivity index (χ0) is 15.1. The molecule has 9 heteroatoms. The molecule has 0 spiro atoms. The van der Waals surface area contributed by atoms with Crippen molar-refractivity contribution in [3.05, 3.63) is 40.0 Å². The van der Waals surface area contributed by atoms with Gasteiger partial charge in [0.1, 0.15) is 0 Å². The summed E-state index contributed by atoms with van der Waals surface area (Å²) < 4.78 is 38.1. The van der Waals surface area contributed by atoms with Crippen molar-refractivity contribution in [1.29, 1.82) is 0 Å². The van der Waals surface area contributed by atoms with E-state index in [1.165, 1.54) is 16.8 Å². The Hall–Kier alpha value is -0.760. The Morgan fingerprint density at radius 3 is 2.30 bits per heavy atom. The van der Waals surface area contributed by atoms with Crippen LogP contribution >= 0.6 is 35.0 Å². The van der Waals surface area contributed by atoms with Crippen LogP contribution in [0.15, 0.2) is 24.4 Å². The zero-order valence-corrected chi connectivity index (χ0v) is 12.5. The fourth-order valence-electron chi connectivity index (χ4n) is 1.75. The molecule has 1 heterocycles. The lowest BCUT2D eigenvalue weighted by molar-refractivity contribution is -0.137. The molecule has 1 aromatic rings. The Labute approximate surface area is 127 Å². The minimum absolute atomic E-state index is 0.134. The summed E-state index contributed by atoms with van der Waals surface area (Å²) in [6, 6.07) is 1.65. The van der Waals surface area contributed by atoms with Crippen molar-refractivity contribution in [3.8, 4) is 0 Å². The van der Waals surface area contributed by atoms with Gasteiger partial charge < -0.3 is 5.43 Å². The second kappa shape index (κ2) is 5.22. The summed E-state index contributed by atoms with van der Waals surface area (Å²) in [5.74, 6) is 0. The summed E-state index contributed by atoms with van der Waals surface area (Å²) in [6.45, 7) is 0. The molecule has 1 aliphatic rings. The summed E-state index contributed by atoms with van der Waals surface area (Å²) in [5, 5.41) is 1.15. The number of nitrogens with two attached hydrogens (primary N) is 1. The molecule has 0 aromatic heterocycles. The van der Waals surface area contributed by atoms with Crippen LogP contribution in [0.3, 0.4) is 0 Å². The van der Waals surface area contributed by atoms with Crippen LogP contribution in [0.1, 0.15) is 5.56 Å². The molecular weight excluding hydrogens is 334 g/mol. The van der Waals surface area contributed by atoms with Gasteiger partial charge in [0, 0.05) is 6.20 Å². The van der Waals surface area contributed by atoms with Crippen LogP contribution in [0.2, 0.25) is 10.0 Å². The first-order valence-corrected chi connectivity index (χ1v) is 7.31. The Balaban J connectivity index is 2.49. The third-order valence-electron chi connectivity index (χ3n) is 2.77. The number of halogens is 5. The van der Waals surface area contributed by atoms with Crippen LogP contribution in [0.5, 0.6) is 0 Å². The molecule has 20 heavy (non-hydrogen) atoms. The highest BCUT2D eigenvalue weighted by Crippen LogP contribution is 2.43. The normalized spacial score (nSPS) is 22.2. The Morgan fingerprint density at radius 1 is 1.30 bits per heavy atom. The molecule has 0 bridgehead atoms. The van der Waals surface area contributed by atoms with Crippen LogP contribution < -0.4 is 16.2 Å². The molecule has 0 saturated heterocycles. The molecule has 0 fully saturated rings. The molecule has 1 aromatic carbocycles. The number of nitrogens with zero attached hydrogens (tertiary/aromatic N) is 1. The molecular formula is C11H10Cl2F3N3S. The van der Waals surface area contributed by atoms with E-state index in [0.29, 0.717) is 0 Å². The Bertz CT molecular complexity index is 541. The smallest absolute Gasteiger partial charge is 0.303 e. The van der Waals surface area contributed by atoms with E-state index in [2.05, 4.69) is 5.43 Å². The topological polar surface area (TPSA) is 41.3 Å². The number of hydrazine groups is 1. The molecule has 0 amide bonds. The maximum atomic E-state index is 12.7. The fourth-order valence-corrected chi connectivity index (χ4v) is 2.93. The third kappa shape index (κ3) is 2.67. The van der Waals surface area contributed by atoms with Crippen molar-refractivity contribution < 1.29 is 13.2 Å². The lowest BCUT2D eigenvalue weighted by Crippen LogP contribution is -2.53. The third-order valence-corrected chi connectivity index (χ3v) is 4.32. The van der Waals surface area contributed by atoms with E-state index in [-0.39, 0.29) is 15.7 Å². The van der Waals surface area contributed by atoms with Gasteiger partial charge in [-0.3, -0.25) is 10.7 Å². The largest absolute Gasteiger partial charge is 0.416 e. The van der Waals surface area contributed by atoms with Crippen molar-refractivity contribution in [2.45, 2.75) is 11.2 Å². The molecule has 110 valence electrons. The fraction of sp³-hybridized carbons (Fsp3) is 0.273. The molecule has 1 atom stereocenters. The zero-order valence-electron chi connectivity index (χ0n) is 10.1. The maximum Gasteiger partial charge on any atom is 0.416 e. The number of anilines is 1. The molecule has 1 unspecified atom stereocenters. The highest BCUT2D eigenvalue weighted by atomic mass is 35.5. The quantitative estimate of drug-likeness (QED) is 0.801. The molecule has 0 saturated carbocycles. The first kappa shape index (κ1) is 15.6. The first-order chi connectivity index (χ1) is 9.19. The van der Waals surface area contributed by atoms with Crippen molar-refractivity contribution >= 4 is 40.7 Å². The van der Waals surface area contributed by atoms with Crippen molar-refractivity contribution in [1.82, 2.24) is 5.43 Å². The van der Waals surface area contributed by atoms with E-state index in [9.17, 15) is 13.2 Å². The van der Waals surface area contributed by atoms with Gasteiger partial charge in [-0.2, -0.15) is 13.2 Å². The number of rotatable bonds is 2. The SMILES string of the molecule is CSC1(N)C=CNN1c1c(Cl)cc(C(F)(F)F)cc1Cl. The average Bonchev–Trinajstić information content (AvgIpc) is 2.70. The van der Waals surface area contributed by atoms with E-state index in [0.717, 1.165) is 12.1 Å². The number of hydrogen-bond acceptors (Lipinski definition) is 4. The van der Waals surface area contributed by atoms with Crippen molar-refractivity contribution in [2.24, 2.45) is 5.73 Å². The molecule has 3 N–H and O–H groups in total. The van der Waals surface area contributed by atoms with Gasteiger partial charge in [-0.15, -0.1) is 11.8 Å². The van der Waals surface area contributed by atoms with Crippen LogP contribution in [0.25, 0.3) is 0 Å². The van der Waals surface area contributed by atoms with Gasteiger partial charge >= 0.3 is 6.18 Å². The van der Waals surface area contributed by atoms with Crippen LogP contribution in [0.4, 0.5) is 18.9 Å². The second-order valence-corrected chi connectivity index (χ2v) is 5.92. The van der Waals surface area contributed by atoms with E-state index in [1.54, 1.807) is 18.5 Å². The lowest BCUT2D eigenvalue weighted by atomic mass is 10.2. The van der Waals surface area contributed by atoms with Crippen LogP contribution in [0, 0.1) is 0 Å². The first-order valence-electron chi connectivity index (χ1n) is 5.33. The summed E-state index contributed by atoms with van der Waals surface area (Å²) in [4.78, 5) is -0.979. The van der Waals surface area contributed by atoms with Gasteiger partial charge in [-0.1, -0.05) is 23.2 Å². The van der Waals surface area contributed by atoms with E-state index in [1.807, 2.05) is 0 Å². The number of nitrogens with one attached hydrogen (secondary N) is 1. The van der Waals surface area contributed by atoms with E-state index >= 15 is 0 Å². The number of thioether (sulfide) groups is 1. The van der Waals surface area contributed by atoms with Gasteiger partial charge in [0.05, 0.1) is 21.3 Å². The van der Waals surface area contributed by atoms with Gasteiger partial charge in [0.25, 0.3) is 0 Å². The second-order valence-electron chi connectivity index (χ2n) is 4.04. The molecule has 2 rings (SSSR count). The maximum absolute atomic E-state index is 12.7. The van der Waals surface area contributed by atoms with Crippen molar-refractivity contribution in [3.63, 3.8) is 0 Å². The summed E-state index contributed by atoms with van der Waals surface area (Å²) in [7, 11) is 0. The van der Waals surface area contributed by atoms with Crippen molar-refractivity contribution in [2.75, 3.05) is 11.3 Å². The standard InChI is InChI=1S/C11H10Cl2F3N3S/c1-20-10(17)2-3-18-19(10)9-7(12)4-6(5-8(9)13)11(14,15)16/h2-5,18H,17H2,1H3. The summed E-state index contributed by atoms with van der Waals surface area (Å²) in [6.07, 6.45) is 0.473. The van der Waals surface area contributed by atoms with Gasteiger partial charge in [-0.25, -0.2) is 0 Å². The predicted octanol–water partition coefficient (Wildman–Crippen LogP) is 3.83. The minimum Gasteiger partial charge on any atom is -0.303 e. The van der Waals surface area contributed by atoms with Gasteiger partial charge in [0.2, 0.25) is 0 Å². The van der Waals surface area contributed by atoms with E-state index in [4.69, 9.17) is 28.9 Å². The molecule has 0 radical (unpaired) electrons. The summed E-state index contributed by atoms with van der Waals surface area (Å²) in [5.41, 5.74) is 8.20. The minimum atomic E-state index is -4.51.